The molecule has 1 N–H and O–H groups in total. The smallest absolute Gasteiger partial charge is 0.0478 e. The highest BCUT2D eigenvalue weighted by atomic mass is 35.5. The molecule has 0 radical (unpaired) electrons. The lowest BCUT2D eigenvalue weighted by Gasteiger charge is -1.94. The number of benzene rings is 1. The Hall–Kier alpha value is -1.28. The highest BCUT2D eigenvalue weighted by molar-refractivity contribution is 6.32. The number of hydrogen-bond acceptors (Lipinski definition) is 2. The van der Waals surface area contributed by atoms with E-state index in [1.54, 1.807) is 0 Å². The van der Waals surface area contributed by atoms with Crippen LogP contribution in [0.2, 0.25) is 5.02 Å². The summed E-state index contributed by atoms with van der Waals surface area (Å²) >= 11 is 5.90. The molecule has 0 saturated carbocycles. The SMILES string of the molecule is ON=CCC=Cc1ccccc1Cl. The van der Waals surface area contributed by atoms with Crippen LogP contribution in [0, 0.1) is 0 Å². The van der Waals surface area contributed by atoms with Gasteiger partial charge in [0.2, 0.25) is 0 Å². The Balaban J connectivity index is 2.63. The van der Waals surface area contributed by atoms with E-state index in [2.05, 4.69) is 5.16 Å². The van der Waals surface area contributed by atoms with Crippen molar-refractivity contribution in [2.45, 2.75) is 6.42 Å². The van der Waals surface area contributed by atoms with Crippen molar-refractivity contribution in [3.05, 3.63) is 40.9 Å². The van der Waals surface area contributed by atoms with Crippen LogP contribution in [0.25, 0.3) is 6.08 Å². The van der Waals surface area contributed by atoms with Crippen LogP contribution in [-0.4, -0.2) is 11.4 Å². The molecule has 0 aliphatic carbocycles. The predicted molar refractivity (Wildman–Crippen MR) is 55.4 cm³/mol. The van der Waals surface area contributed by atoms with Gasteiger partial charge in [0.1, 0.15) is 0 Å². The van der Waals surface area contributed by atoms with Crippen LogP contribution < -0.4 is 0 Å². The summed E-state index contributed by atoms with van der Waals surface area (Å²) in [5.41, 5.74) is 0.968. The Bertz CT molecular complexity index is 320. The van der Waals surface area contributed by atoms with E-state index >= 15 is 0 Å². The molecular weight excluding hydrogens is 186 g/mol. The third-order valence-corrected chi connectivity index (χ3v) is 1.87. The lowest BCUT2D eigenvalue weighted by Crippen LogP contribution is -1.74. The van der Waals surface area contributed by atoms with E-state index in [0.717, 1.165) is 10.6 Å². The normalized spacial score (nSPS) is 11.5. The minimum Gasteiger partial charge on any atom is -0.411 e. The summed E-state index contributed by atoms with van der Waals surface area (Å²) < 4.78 is 0. The molecule has 0 fully saturated rings. The summed E-state index contributed by atoms with van der Waals surface area (Å²) in [4.78, 5) is 0. The number of oxime groups is 1. The number of allylic oxidation sites excluding steroid dienone is 1. The molecule has 13 heavy (non-hydrogen) atoms. The van der Waals surface area contributed by atoms with Crippen LogP contribution in [-0.2, 0) is 0 Å². The monoisotopic (exact) mass is 195 g/mol. The number of nitrogens with zero attached hydrogens (tertiary/aromatic N) is 1. The summed E-state index contributed by atoms with van der Waals surface area (Å²) in [5.74, 6) is 0. The van der Waals surface area contributed by atoms with E-state index in [1.807, 2.05) is 36.4 Å². The quantitative estimate of drug-likeness (QED) is 0.449. The molecule has 1 rings (SSSR count). The first-order valence-corrected chi connectivity index (χ1v) is 4.29. The first-order valence-electron chi connectivity index (χ1n) is 3.91. The lowest BCUT2D eigenvalue weighted by molar-refractivity contribution is 0.321. The molecule has 68 valence electrons. The maximum absolute atomic E-state index is 8.13. The first kappa shape index (κ1) is 9.81. The third kappa shape index (κ3) is 3.30. The zero-order valence-corrected chi connectivity index (χ0v) is 7.78. The molecule has 0 heterocycles. The maximum Gasteiger partial charge on any atom is 0.0478 e. The molecule has 1 aromatic rings. The Morgan fingerprint density at radius 1 is 1.38 bits per heavy atom. The van der Waals surface area contributed by atoms with E-state index in [4.69, 9.17) is 16.8 Å². The second-order valence-electron chi connectivity index (χ2n) is 2.46. The molecule has 0 bridgehead atoms. The van der Waals surface area contributed by atoms with Crippen molar-refractivity contribution < 1.29 is 5.21 Å². The van der Waals surface area contributed by atoms with Crippen LogP contribution in [0.15, 0.2) is 35.5 Å². The van der Waals surface area contributed by atoms with Gasteiger partial charge in [-0.15, -0.1) is 5.16 Å². The van der Waals surface area contributed by atoms with Gasteiger partial charge in [-0.3, -0.25) is 0 Å². The molecule has 0 aliphatic rings. The topological polar surface area (TPSA) is 32.6 Å². The summed E-state index contributed by atoms with van der Waals surface area (Å²) in [5, 5.41) is 11.7. The van der Waals surface area contributed by atoms with Crippen molar-refractivity contribution >= 4 is 23.9 Å². The fourth-order valence-corrected chi connectivity index (χ4v) is 1.11. The van der Waals surface area contributed by atoms with Crippen LogP contribution in [0.3, 0.4) is 0 Å². The van der Waals surface area contributed by atoms with Crippen molar-refractivity contribution in [3.8, 4) is 0 Å². The van der Waals surface area contributed by atoms with Gasteiger partial charge in [0.05, 0.1) is 0 Å². The molecule has 0 aliphatic heterocycles. The molecular formula is C10H10ClNO. The van der Waals surface area contributed by atoms with Crippen molar-refractivity contribution in [1.82, 2.24) is 0 Å². The van der Waals surface area contributed by atoms with Crippen molar-refractivity contribution in [1.29, 1.82) is 0 Å². The molecule has 2 nitrogen and oxygen atoms in total. The van der Waals surface area contributed by atoms with E-state index in [9.17, 15) is 0 Å². The van der Waals surface area contributed by atoms with Gasteiger partial charge in [-0.1, -0.05) is 42.0 Å². The van der Waals surface area contributed by atoms with Gasteiger partial charge < -0.3 is 5.21 Å². The number of rotatable bonds is 3. The molecule has 0 aromatic heterocycles. The molecule has 0 atom stereocenters. The van der Waals surface area contributed by atoms with Gasteiger partial charge in [0.25, 0.3) is 0 Å². The summed E-state index contributed by atoms with van der Waals surface area (Å²) in [7, 11) is 0. The summed E-state index contributed by atoms with van der Waals surface area (Å²) in [6.45, 7) is 0. The van der Waals surface area contributed by atoms with Crippen molar-refractivity contribution in [2.75, 3.05) is 0 Å². The van der Waals surface area contributed by atoms with Crippen molar-refractivity contribution in [3.63, 3.8) is 0 Å². The zero-order chi connectivity index (χ0) is 9.52. The molecule has 1 aromatic carbocycles. The summed E-state index contributed by atoms with van der Waals surface area (Å²) in [6, 6.07) is 7.57. The lowest BCUT2D eigenvalue weighted by atomic mass is 10.2. The van der Waals surface area contributed by atoms with Crippen LogP contribution >= 0.6 is 11.6 Å². The van der Waals surface area contributed by atoms with Gasteiger partial charge in [0, 0.05) is 17.7 Å². The van der Waals surface area contributed by atoms with Gasteiger partial charge in [-0.05, 0) is 11.6 Å². The van der Waals surface area contributed by atoms with Gasteiger partial charge in [-0.2, -0.15) is 0 Å². The zero-order valence-electron chi connectivity index (χ0n) is 7.02. The van der Waals surface area contributed by atoms with E-state index < -0.39 is 0 Å². The van der Waals surface area contributed by atoms with E-state index in [-0.39, 0.29) is 0 Å². The highest BCUT2D eigenvalue weighted by Crippen LogP contribution is 2.16. The highest BCUT2D eigenvalue weighted by Gasteiger charge is 1.91. The minimum atomic E-state index is 0.599. The van der Waals surface area contributed by atoms with Crippen LogP contribution in [0.4, 0.5) is 0 Å². The summed E-state index contributed by atoms with van der Waals surface area (Å²) in [6.07, 6.45) is 5.78. The van der Waals surface area contributed by atoms with Gasteiger partial charge >= 0.3 is 0 Å². The Morgan fingerprint density at radius 3 is 2.85 bits per heavy atom. The second-order valence-corrected chi connectivity index (χ2v) is 2.86. The Morgan fingerprint density at radius 2 is 2.15 bits per heavy atom. The van der Waals surface area contributed by atoms with Crippen molar-refractivity contribution in [2.24, 2.45) is 5.16 Å². The average Bonchev–Trinajstić information content (AvgIpc) is 2.15. The fourth-order valence-electron chi connectivity index (χ4n) is 0.913. The molecule has 0 saturated heterocycles. The largest absolute Gasteiger partial charge is 0.411 e. The number of hydrogen-bond donors (Lipinski definition) is 1. The van der Waals surface area contributed by atoms with E-state index in [0.29, 0.717) is 6.42 Å². The number of halogens is 1. The molecule has 0 spiro atoms. The minimum absolute atomic E-state index is 0.599. The average molecular weight is 196 g/mol. The van der Waals surface area contributed by atoms with Crippen LogP contribution in [0.1, 0.15) is 12.0 Å². The first-order chi connectivity index (χ1) is 6.34. The van der Waals surface area contributed by atoms with Gasteiger partial charge in [-0.25, -0.2) is 0 Å². The molecule has 3 heteroatoms. The predicted octanol–water partition coefficient (Wildman–Crippen LogP) is 3.20. The van der Waals surface area contributed by atoms with Crippen LogP contribution in [0.5, 0.6) is 0 Å². The van der Waals surface area contributed by atoms with Gasteiger partial charge in [0.15, 0.2) is 0 Å². The standard InChI is InChI=1S/C10H10ClNO/c11-10-7-2-1-5-9(10)6-3-4-8-12-13/h1-3,5-8,13H,4H2. The van der Waals surface area contributed by atoms with E-state index in [1.165, 1.54) is 6.21 Å². The second kappa shape index (κ2) is 5.38. The fraction of sp³-hybridized carbons (Fsp3) is 0.100. The molecule has 0 amide bonds. The maximum atomic E-state index is 8.13. The Kier molecular flexibility index (Phi) is 4.06. The Labute approximate surface area is 82.1 Å². The third-order valence-electron chi connectivity index (χ3n) is 1.53. The molecule has 0 unspecified atom stereocenters.